The molecule has 1 amide bonds. The molecule has 2 atom stereocenters. The first-order chi connectivity index (χ1) is 12.5. The standard InChI is InChI=1S/C20H23Cl2NO3/c1-2-7-16(14-8-4-3-5-9-14)20(25)23-12-15(24)13-26-18-11-6-10-17(21)19(18)22/h3-6,8-11,15-16,24H,2,7,12-13H2,1H3,(H,23,25). The lowest BCUT2D eigenvalue weighted by molar-refractivity contribution is -0.123. The number of aliphatic hydroxyl groups excluding tert-OH is 1. The minimum Gasteiger partial charge on any atom is -0.489 e. The number of hydrogen-bond acceptors (Lipinski definition) is 3. The molecule has 26 heavy (non-hydrogen) atoms. The fourth-order valence-electron chi connectivity index (χ4n) is 2.61. The summed E-state index contributed by atoms with van der Waals surface area (Å²) in [6, 6.07) is 14.7. The zero-order valence-electron chi connectivity index (χ0n) is 14.6. The van der Waals surface area contributed by atoms with Crippen LogP contribution >= 0.6 is 23.2 Å². The number of benzene rings is 2. The Hall–Kier alpha value is -1.75. The quantitative estimate of drug-likeness (QED) is 0.659. The second-order valence-electron chi connectivity index (χ2n) is 6.01. The second kappa shape index (κ2) is 10.4. The highest BCUT2D eigenvalue weighted by Crippen LogP contribution is 2.31. The van der Waals surface area contributed by atoms with E-state index in [-0.39, 0.29) is 25.0 Å². The monoisotopic (exact) mass is 395 g/mol. The molecule has 0 aromatic heterocycles. The van der Waals surface area contributed by atoms with Gasteiger partial charge in [-0.25, -0.2) is 0 Å². The molecule has 2 aromatic rings. The second-order valence-corrected chi connectivity index (χ2v) is 6.80. The van der Waals surface area contributed by atoms with Crippen LogP contribution in [0.5, 0.6) is 5.75 Å². The summed E-state index contributed by atoms with van der Waals surface area (Å²) in [7, 11) is 0. The molecule has 0 heterocycles. The highest BCUT2D eigenvalue weighted by Gasteiger charge is 2.20. The average Bonchev–Trinajstić information content (AvgIpc) is 2.66. The van der Waals surface area contributed by atoms with Gasteiger partial charge in [0.25, 0.3) is 0 Å². The van der Waals surface area contributed by atoms with Crippen molar-refractivity contribution in [2.45, 2.75) is 31.8 Å². The highest BCUT2D eigenvalue weighted by atomic mass is 35.5. The molecule has 2 N–H and O–H groups in total. The van der Waals surface area contributed by atoms with E-state index in [0.29, 0.717) is 15.8 Å². The van der Waals surface area contributed by atoms with E-state index in [4.69, 9.17) is 27.9 Å². The largest absolute Gasteiger partial charge is 0.489 e. The first kappa shape index (κ1) is 20.6. The van der Waals surface area contributed by atoms with E-state index in [1.165, 1.54) is 0 Å². The van der Waals surface area contributed by atoms with E-state index in [1.807, 2.05) is 37.3 Å². The Balaban J connectivity index is 1.86. The predicted octanol–water partition coefficient (Wildman–Crippen LogP) is 4.43. The number of amides is 1. The van der Waals surface area contributed by atoms with E-state index in [9.17, 15) is 9.90 Å². The summed E-state index contributed by atoms with van der Waals surface area (Å²) in [4.78, 5) is 12.5. The highest BCUT2D eigenvalue weighted by molar-refractivity contribution is 6.42. The molecule has 2 unspecified atom stereocenters. The molecule has 140 valence electrons. The lowest BCUT2D eigenvalue weighted by Gasteiger charge is -2.19. The van der Waals surface area contributed by atoms with Gasteiger partial charge in [-0.3, -0.25) is 4.79 Å². The number of halogens is 2. The predicted molar refractivity (Wildman–Crippen MR) is 105 cm³/mol. The molecule has 4 nitrogen and oxygen atoms in total. The van der Waals surface area contributed by atoms with Crippen LogP contribution in [0.25, 0.3) is 0 Å². The van der Waals surface area contributed by atoms with Crippen molar-refractivity contribution in [1.82, 2.24) is 5.32 Å². The minimum absolute atomic E-state index is 0.00409. The summed E-state index contributed by atoms with van der Waals surface area (Å²) in [5.41, 5.74) is 0.975. The Morgan fingerprint density at radius 3 is 2.58 bits per heavy atom. The van der Waals surface area contributed by atoms with Crippen molar-refractivity contribution in [1.29, 1.82) is 0 Å². The van der Waals surface area contributed by atoms with Gasteiger partial charge in [-0.15, -0.1) is 0 Å². The summed E-state index contributed by atoms with van der Waals surface area (Å²) in [6.45, 7) is 2.15. The normalized spacial score (nSPS) is 13.1. The molecular formula is C20H23Cl2NO3. The van der Waals surface area contributed by atoms with Crippen molar-refractivity contribution in [3.8, 4) is 5.75 Å². The summed E-state index contributed by atoms with van der Waals surface area (Å²) in [6.07, 6.45) is 0.791. The smallest absolute Gasteiger partial charge is 0.227 e. The van der Waals surface area contributed by atoms with E-state index >= 15 is 0 Å². The van der Waals surface area contributed by atoms with E-state index in [1.54, 1.807) is 18.2 Å². The first-order valence-corrected chi connectivity index (χ1v) is 9.36. The van der Waals surface area contributed by atoms with Crippen LogP contribution in [-0.2, 0) is 4.79 Å². The van der Waals surface area contributed by atoms with Gasteiger partial charge in [-0.2, -0.15) is 0 Å². The van der Waals surface area contributed by atoms with Gasteiger partial charge in [0.1, 0.15) is 23.5 Å². The van der Waals surface area contributed by atoms with Gasteiger partial charge in [0, 0.05) is 6.54 Å². The van der Waals surface area contributed by atoms with E-state index in [0.717, 1.165) is 18.4 Å². The Kier molecular flexibility index (Phi) is 8.23. The van der Waals surface area contributed by atoms with Gasteiger partial charge >= 0.3 is 0 Å². The lowest BCUT2D eigenvalue weighted by Crippen LogP contribution is -2.37. The maximum absolute atomic E-state index is 12.5. The zero-order chi connectivity index (χ0) is 18.9. The Bertz CT molecular complexity index is 709. The van der Waals surface area contributed by atoms with Crippen molar-refractivity contribution >= 4 is 29.1 Å². The Morgan fingerprint density at radius 1 is 1.15 bits per heavy atom. The average molecular weight is 396 g/mol. The Labute approximate surface area is 164 Å². The van der Waals surface area contributed by atoms with E-state index < -0.39 is 6.10 Å². The van der Waals surface area contributed by atoms with Crippen molar-refractivity contribution in [2.75, 3.05) is 13.2 Å². The topological polar surface area (TPSA) is 58.6 Å². The van der Waals surface area contributed by atoms with Crippen LogP contribution in [0, 0.1) is 0 Å². The SMILES string of the molecule is CCCC(C(=O)NCC(O)COc1cccc(Cl)c1Cl)c1ccccc1. The number of ether oxygens (including phenoxy) is 1. The van der Waals surface area contributed by atoms with Crippen molar-refractivity contribution in [3.63, 3.8) is 0 Å². The number of carbonyl (C=O) groups is 1. The molecule has 0 radical (unpaired) electrons. The number of nitrogens with one attached hydrogen (secondary N) is 1. The molecule has 0 bridgehead atoms. The summed E-state index contributed by atoms with van der Waals surface area (Å²) in [5.74, 6) is 0.0762. The van der Waals surface area contributed by atoms with Crippen molar-refractivity contribution in [2.24, 2.45) is 0 Å². The summed E-state index contributed by atoms with van der Waals surface area (Å²) < 4.78 is 5.49. The molecule has 2 rings (SSSR count). The molecule has 0 spiro atoms. The van der Waals surface area contributed by atoms with Crippen LogP contribution in [0.1, 0.15) is 31.2 Å². The summed E-state index contributed by atoms with van der Waals surface area (Å²) >= 11 is 12.0. The number of aliphatic hydroxyl groups is 1. The van der Waals surface area contributed by atoms with Gasteiger partial charge in [-0.05, 0) is 24.1 Å². The van der Waals surface area contributed by atoms with Crippen molar-refractivity contribution < 1.29 is 14.6 Å². The molecule has 0 saturated carbocycles. The lowest BCUT2D eigenvalue weighted by atomic mass is 9.93. The minimum atomic E-state index is -0.855. The number of carbonyl (C=O) groups excluding carboxylic acids is 1. The van der Waals surface area contributed by atoms with Gasteiger partial charge < -0.3 is 15.2 Å². The number of hydrogen-bond donors (Lipinski definition) is 2. The van der Waals surface area contributed by atoms with Gasteiger partial charge in [0.2, 0.25) is 5.91 Å². The van der Waals surface area contributed by atoms with Crippen LogP contribution in [0.2, 0.25) is 10.0 Å². The third-order valence-electron chi connectivity index (χ3n) is 3.96. The molecule has 6 heteroatoms. The molecule has 2 aromatic carbocycles. The van der Waals surface area contributed by atoms with Crippen molar-refractivity contribution in [3.05, 3.63) is 64.1 Å². The van der Waals surface area contributed by atoms with Gasteiger partial charge in [0.05, 0.1) is 10.9 Å². The number of rotatable bonds is 9. The van der Waals surface area contributed by atoms with Crippen LogP contribution in [0.4, 0.5) is 0 Å². The third-order valence-corrected chi connectivity index (χ3v) is 4.76. The van der Waals surface area contributed by atoms with Gasteiger partial charge in [0.15, 0.2) is 0 Å². The summed E-state index contributed by atoms with van der Waals surface area (Å²) in [5, 5.41) is 13.6. The van der Waals surface area contributed by atoms with E-state index in [2.05, 4.69) is 5.32 Å². The maximum Gasteiger partial charge on any atom is 0.227 e. The van der Waals surface area contributed by atoms with Gasteiger partial charge in [-0.1, -0.05) is 72.9 Å². The molecular weight excluding hydrogens is 373 g/mol. The Morgan fingerprint density at radius 2 is 1.88 bits per heavy atom. The molecule has 0 fully saturated rings. The first-order valence-electron chi connectivity index (χ1n) is 8.60. The maximum atomic E-state index is 12.5. The van der Waals surface area contributed by atoms with Crippen LogP contribution in [0.15, 0.2) is 48.5 Å². The van der Waals surface area contributed by atoms with Crippen LogP contribution in [0.3, 0.4) is 0 Å². The van der Waals surface area contributed by atoms with Crippen LogP contribution < -0.4 is 10.1 Å². The fourth-order valence-corrected chi connectivity index (χ4v) is 2.95. The third kappa shape index (κ3) is 5.90. The van der Waals surface area contributed by atoms with Crippen LogP contribution in [-0.4, -0.2) is 30.3 Å². The molecule has 0 saturated heterocycles. The fraction of sp³-hybridized carbons (Fsp3) is 0.350. The molecule has 0 aliphatic carbocycles. The zero-order valence-corrected chi connectivity index (χ0v) is 16.1. The molecule has 0 aliphatic rings. The molecule has 0 aliphatic heterocycles.